The van der Waals surface area contributed by atoms with Crippen LogP contribution in [-0.4, -0.2) is 29.0 Å². The maximum atomic E-state index is 15.1. The molecule has 6 heteroatoms. The topological polar surface area (TPSA) is 53.4 Å². The number of benzene rings is 2. The van der Waals surface area contributed by atoms with Crippen LogP contribution in [0.2, 0.25) is 0 Å². The van der Waals surface area contributed by atoms with Gasteiger partial charge in [0.2, 0.25) is 0 Å². The second-order valence-corrected chi connectivity index (χ2v) is 7.60. The molecule has 0 atom stereocenters. The number of carbonyl (C=O) groups is 1. The molecule has 1 fully saturated rings. The number of carbonyl (C=O) groups excluding carboxylic acids is 1. The Kier molecular flexibility index (Phi) is 5.51. The molecule has 5 nitrogen and oxygen atoms in total. The van der Waals surface area contributed by atoms with Crippen molar-refractivity contribution < 1.29 is 18.7 Å². The molecular weight excluding hydrogens is 371 g/mol. The number of hydrogen-bond donors (Lipinski definition) is 0. The van der Waals surface area contributed by atoms with Gasteiger partial charge in [-0.25, -0.2) is 4.39 Å². The van der Waals surface area contributed by atoms with Gasteiger partial charge < -0.3 is 9.47 Å². The number of aromatic nitrogens is 2. The summed E-state index contributed by atoms with van der Waals surface area (Å²) in [4.78, 5) is 11.5. The minimum absolute atomic E-state index is 0.0475. The van der Waals surface area contributed by atoms with Gasteiger partial charge in [-0.15, -0.1) is 0 Å². The molecule has 1 saturated carbocycles. The smallest absolute Gasteiger partial charge is 0.305 e. The number of methoxy groups -OCH3 is 1. The summed E-state index contributed by atoms with van der Waals surface area (Å²) in [5, 5.41) is 5.27. The number of aryl methyl sites for hydroxylation is 2. The van der Waals surface area contributed by atoms with Gasteiger partial charge in [-0.2, -0.15) is 5.10 Å². The number of fused-ring (bicyclic) bond motifs is 1. The third-order valence-electron chi connectivity index (χ3n) is 5.59. The highest BCUT2D eigenvalue weighted by Gasteiger charge is 2.22. The van der Waals surface area contributed by atoms with Gasteiger partial charge >= 0.3 is 5.97 Å². The summed E-state index contributed by atoms with van der Waals surface area (Å²) in [5.74, 6) is -0.405. The van der Waals surface area contributed by atoms with Gasteiger partial charge in [-0.3, -0.25) is 9.48 Å². The Morgan fingerprint density at radius 3 is 2.79 bits per heavy atom. The predicted molar refractivity (Wildman–Crippen MR) is 109 cm³/mol. The fourth-order valence-corrected chi connectivity index (χ4v) is 3.98. The van der Waals surface area contributed by atoms with Crippen LogP contribution in [-0.2, 0) is 23.0 Å². The van der Waals surface area contributed by atoms with Crippen LogP contribution >= 0.6 is 0 Å². The predicted octanol–water partition coefficient (Wildman–Crippen LogP) is 4.81. The van der Waals surface area contributed by atoms with Gasteiger partial charge in [0.15, 0.2) is 11.6 Å². The number of ether oxygens (including phenoxy) is 2. The molecule has 0 spiro atoms. The lowest BCUT2D eigenvalue weighted by atomic mass is 9.98. The molecule has 1 aromatic heterocycles. The number of esters is 1. The fraction of sp³-hybridized carbons (Fsp3) is 0.391. The molecule has 0 amide bonds. The van der Waals surface area contributed by atoms with E-state index >= 15 is 4.39 Å². The summed E-state index contributed by atoms with van der Waals surface area (Å²) in [5.41, 5.74) is 3.34. The molecule has 3 aromatic rings. The fourth-order valence-electron chi connectivity index (χ4n) is 3.98. The van der Waals surface area contributed by atoms with Crippen molar-refractivity contribution in [3.8, 4) is 16.9 Å². The van der Waals surface area contributed by atoms with Gasteiger partial charge in [-0.05, 0) is 67.5 Å². The average molecular weight is 396 g/mol. The van der Waals surface area contributed by atoms with E-state index in [2.05, 4.69) is 5.10 Å². The number of rotatable bonds is 6. The molecule has 1 heterocycles. The summed E-state index contributed by atoms with van der Waals surface area (Å²) >= 11 is 0. The van der Waals surface area contributed by atoms with Crippen molar-refractivity contribution >= 4 is 16.9 Å². The molecule has 1 aliphatic rings. The van der Waals surface area contributed by atoms with Crippen LogP contribution in [0.5, 0.6) is 5.75 Å². The molecule has 0 radical (unpaired) electrons. The van der Waals surface area contributed by atoms with E-state index in [0.29, 0.717) is 17.7 Å². The Morgan fingerprint density at radius 2 is 2.03 bits per heavy atom. The molecule has 0 bridgehead atoms. The molecular formula is C23H25FN2O3. The first kappa shape index (κ1) is 19.4. The van der Waals surface area contributed by atoms with E-state index in [0.717, 1.165) is 47.7 Å². The molecule has 29 heavy (non-hydrogen) atoms. The van der Waals surface area contributed by atoms with Crippen LogP contribution in [0.15, 0.2) is 36.5 Å². The van der Waals surface area contributed by atoms with Gasteiger partial charge in [0, 0.05) is 24.4 Å². The monoisotopic (exact) mass is 396 g/mol. The van der Waals surface area contributed by atoms with Crippen LogP contribution < -0.4 is 4.74 Å². The largest absolute Gasteiger partial charge is 0.487 e. The zero-order chi connectivity index (χ0) is 20.4. The van der Waals surface area contributed by atoms with Crippen molar-refractivity contribution in [3.05, 3.63) is 47.9 Å². The lowest BCUT2D eigenvalue weighted by Crippen LogP contribution is -2.13. The second-order valence-electron chi connectivity index (χ2n) is 7.60. The van der Waals surface area contributed by atoms with E-state index in [1.54, 1.807) is 6.20 Å². The number of hydrogen-bond acceptors (Lipinski definition) is 4. The van der Waals surface area contributed by atoms with Crippen LogP contribution in [0.4, 0.5) is 4.39 Å². The molecule has 0 saturated heterocycles. The number of halogens is 1. The summed E-state index contributed by atoms with van der Waals surface area (Å²) in [6.07, 6.45) is 6.59. The summed E-state index contributed by atoms with van der Waals surface area (Å²) in [6.45, 7) is 0. The Balaban J connectivity index is 1.75. The van der Waals surface area contributed by atoms with E-state index in [4.69, 9.17) is 9.47 Å². The molecule has 152 valence electrons. The summed E-state index contributed by atoms with van der Waals surface area (Å²) in [7, 11) is 3.25. The Labute approximate surface area is 169 Å². The van der Waals surface area contributed by atoms with Crippen LogP contribution in [0.1, 0.15) is 37.7 Å². The summed E-state index contributed by atoms with van der Waals surface area (Å²) in [6, 6.07) is 9.34. The third-order valence-corrected chi connectivity index (χ3v) is 5.59. The first-order valence-corrected chi connectivity index (χ1v) is 10.0. The van der Waals surface area contributed by atoms with Crippen LogP contribution in [0.3, 0.4) is 0 Å². The lowest BCUT2D eigenvalue weighted by molar-refractivity contribution is -0.140. The normalized spacial score (nSPS) is 14.4. The molecule has 1 aliphatic carbocycles. The number of nitrogens with zero attached hydrogens (tertiary/aromatic N) is 2. The first-order valence-electron chi connectivity index (χ1n) is 10.0. The third kappa shape index (κ3) is 4.11. The zero-order valence-electron chi connectivity index (χ0n) is 16.8. The van der Waals surface area contributed by atoms with E-state index < -0.39 is 0 Å². The first-order chi connectivity index (χ1) is 14.0. The highest BCUT2D eigenvalue weighted by molar-refractivity contribution is 5.86. The van der Waals surface area contributed by atoms with Gasteiger partial charge in [-0.1, -0.05) is 6.07 Å². The van der Waals surface area contributed by atoms with Gasteiger partial charge in [0.1, 0.15) is 0 Å². The van der Waals surface area contributed by atoms with Crippen molar-refractivity contribution in [3.63, 3.8) is 0 Å². The van der Waals surface area contributed by atoms with Crippen molar-refractivity contribution in [1.82, 2.24) is 9.78 Å². The van der Waals surface area contributed by atoms with Crippen molar-refractivity contribution in [2.24, 2.45) is 7.05 Å². The lowest BCUT2D eigenvalue weighted by Gasteiger charge is -2.19. The van der Waals surface area contributed by atoms with E-state index in [-0.39, 0.29) is 24.3 Å². The molecule has 0 aliphatic heterocycles. The molecule has 0 unspecified atom stereocenters. The standard InChI is InChI=1S/C23H25FN2O3/c1-26-21-9-8-16(13-17(21)14-25-26)19-11-15(7-10-22(27)28-2)12-20(24)23(19)29-18-5-3-4-6-18/h8-9,11-14,18H,3-7,10H2,1-2H3. The Bertz CT molecular complexity index is 1040. The van der Waals surface area contributed by atoms with E-state index in [9.17, 15) is 4.79 Å². The SMILES string of the molecule is COC(=O)CCc1cc(F)c(OC2CCCC2)c(-c2ccc3c(cnn3C)c2)c1. The van der Waals surface area contributed by atoms with Crippen molar-refractivity contribution in [2.75, 3.05) is 7.11 Å². The second kappa shape index (κ2) is 8.23. The average Bonchev–Trinajstić information content (AvgIpc) is 3.37. The van der Waals surface area contributed by atoms with Crippen molar-refractivity contribution in [2.45, 2.75) is 44.6 Å². The van der Waals surface area contributed by atoms with Crippen molar-refractivity contribution in [1.29, 1.82) is 0 Å². The summed E-state index contributed by atoms with van der Waals surface area (Å²) < 4.78 is 27.8. The minimum Gasteiger partial charge on any atom is -0.487 e. The van der Waals surface area contributed by atoms with Crippen LogP contribution in [0.25, 0.3) is 22.0 Å². The van der Waals surface area contributed by atoms with Gasteiger partial charge in [0.05, 0.1) is 24.9 Å². The van der Waals surface area contributed by atoms with E-state index in [1.165, 1.54) is 13.2 Å². The molecule has 2 aromatic carbocycles. The highest BCUT2D eigenvalue weighted by Crippen LogP contribution is 2.38. The highest BCUT2D eigenvalue weighted by atomic mass is 19.1. The molecule has 0 N–H and O–H groups in total. The van der Waals surface area contributed by atoms with Gasteiger partial charge in [0.25, 0.3) is 0 Å². The quantitative estimate of drug-likeness (QED) is 0.561. The maximum absolute atomic E-state index is 15.1. The Morgan fingerprint density at radius 1 is 1.24 bits per heavy atom. The van der Waals surface area contributed by atoms with Crippen LogP contribution in [0, 0.1) is 5.82 Å². The minimum atomic E-state index is -0.388. The Hall–Kier alpha value is -2.89. The maximum Gasteiger partial charge on any atom is 0.305 e. The van der Waals surface area contributed by atoms with E-state index in [1.807, 2.05) is 36.0 Å². The zero-order valence-corrected chi connectivity index (χ0v) is 16.8. The molecule has 4 rings (SSSR count).